The van der Waals surface area contributed by atoms with E-state index < -0.39 is 29.4 Å². The number of aliphatic hydroxyl groups is 1. The van der Waals surface area contributed by atoms with Gasteiger partial charge in [0.15, 0.2) is 0 Å². The van der Waals surface area contributed by atoms with Crippen molar-refractivity contribution in [1.82, 2.24) is 9.55 Å². The Bertz CT molecular complexity index is 900. The van der Waals surface area contributed by atoms with E-state index in [9.17, 15) is 19.1 Å². The molecule has 136 valence electrons. The van der Waals surface area contributed by atoms with E-state index in [1.54, 1.807) is 30.3 Å². The van der Waals surface area contributed by atoms with Crippen LogP contribution in [-0.4, -0.2) is 32.8 Å². The van der Waals surface area contributed by atoms with Crippen molar-refractivity contribution < 1.29 is 14.3 Å². The number of fused-ring (bicyclic) bond motifs is 1. The van der Waals surface area contributed by atoms with Gasteiger partial charge in [-0.15, -0.1) is 0 Å². The average Bonchev–Trinajstić information content (AvgIpc) is 3.34. The lowest BCUT2D eigenvalue weighted by Gasteiger charge is -2.22. The zero-order valence-electron chi connectivity index (χ0n) is 14.3. The van der Waals surface area contributed by atoms with Crippen molar-refractivity contribution in [3.05, 3.63) is 58.6 Å². The quantitative estimate of drug-likeness (QED) is 0.878. The average molecular weight is 357 g/mol. The van der Waals surface area contributed by atoms with Crippen molar-refractivity contribution in [1.29, 1.82) is 0 Å². The van der Waals surface area contributed by atoms with Crippen molar-refractivity contribution in [3.8, 4) is 0 Å². The number of aromatic nitrogens is 2. The smallest absolute Gasteiger partial charge is 0.349 e. The van der Waals surface area contributed by atoms with Crippen LogP contribution in [0.3, 0.4) is 0 Å². The number of rotatable bonds is 4. The Kier molecular flexibility index (Phi) is 3.91. The molecule has 2 aromatic rings. The molecule has 5 atom stereocenters. The normalized spacial score (nSPS) is 32.1. The molecule has 26 heavy (non-hydrogen) atoms. The summed E-state index contributed by atoms with van der Waals surface area (Å²) in [4.78, 5) is 28.4. The second kappa shape index (κ2) is 6.02. The summed E-state index contributed by atoms with van der Waals surface area (Å²) in [6, 6.07) is 9.36. The van der Waals surface area contributed by atoms with E-state index in [0.29, 0.717) is 18.4 Å². The molecule has 2 aliphatic rings. The molecule has 1 amide bonds. The highest BCUT2D eigenvalue weighted by atomic mass is 19.1. The maximum atomic E-state index is 14.6. The third-order valence-corrected chi connectivity index (χ3v) is 5.89. The van der Waals surface area contributed by atoms with E-state index in [2.05, 4.69) is 10.3 Å². The molecule has 1 aromatic carbocycles. The topological polar surface area (TPSA) is 84.2 Å². The summed E-state index contributed by atoms with van der Waals surface area (Å²) in [6.45, 7) is 1.93. The first-order valence-corrected chi connectivity index (χ1v) is 8.75. The van der Waals surface area contributed by atoms with Gasteiger partial charge in [0, 0.05) is 17.2 Å². The van der Waals surface area contributed by atoms with E-state index >= 15 is 0 Å². The maximum Gasteiger partial charge on any atom is 0.349 e. The zero-order valence-corrected chi connectivity index (χ0v) is 14.3. The highest BCUT2D eigenvalue weighted by molar-refractivity contribution is 6.03. The van der Waals surface area contributed by atoms with Gasteiger partial charge < -0.3 is 10.4 Å². The Hall–Kier alpha value is -2.54. The molecule has 2 saturated carbocycles. The van der Waals surface area contributed by atoms with Gasteiger partial charge in [0.05, 0.1) is 12.1 Å². The van der Waals surface area contributed by atoms with Gasteiger partial charge in [-0.3, -0.25) is 9.36 Å². The van der Waals surface area contributed by atoms with Gasteiger partial charge in [-0.1, -0.05) is 25.1 Å². The van der Waals surface area contributed by atoms with Gasteiger partial charge in [0.2, 0.25) is 0 Å². The number of nitrogens with one attached hydrogen (secondary N) is 1. The predicted molar refractivity (Wildman–Crippen MR) is 93.7 cm³/mol. The van der Waals surface area contributed by atoms with Gasteiger partial charge >= 0.3 is 5.69 Å². The Labute approximate surface area is 149 Å². The minimum absolute atomic E-state index is 0.0539. The number of alkyl halides is 1. The summed E-state index contributed by atoms with van der Waals surface area (Å²) in [6.07, 6.45) is 0.312. The summed E-state index contributed by atoms with van der Waals surface area (Å²) < 4.78 is 15.8. The number of carbonyl (C=O) groups is 1. The summed E-state index contributed by atoms with van der Waals surface area (Å²) in [5, 5.41) is 12.8. The summed E-state index contributed by atoms with van der Waals surface area (Å²) >= 11 is 0. The first kappa shape index (κ1) is 16.9. The van der Waals surface area contributed by atoms with Crippen LogP contribution >= 0.6 is 0 Å². The van der Waals surface area contributed by atoms with E-state index in [-0.39, 0.29) is 17.6 Å². The number of aliphatic hydroxyl groups excluding tert-OH is 1. The van der Waals surface area contributed by atoms with Crippen molar-refractivity contribution in [2.75, 3.05) is 5.32 Å². The molecule has 0 spiro atoms. The maximum absolute atomic E-state index is 14.6. The van der Waals surface area contributed by atoms with Crippen LogP contribution in [0.25, 0.3) is 0 Å². The molecular formula is C19H20FN3O3. The van der Waals surface area contributed by atoms with Crippen LogP contribution in [0.5, 0.6) is 0 Å². The van der Waals surface area contributed by atoms with Crippen LogP contribution in [0, 0.1) is 11.3 Å². The molecule has 6 nitrogen and oxygen atoms in total. The van der Waals surface area contributed by atoms with Crippen LogP contribution in [0.2, 0.25) is 0 Å². The lowest BCUT2D eigenvalue weighted by atomic mass is 9.97. The first-order valence-electron chi connectivity index (χ1n) is 8.75. The van der Waals surface area contributed by atoms with Crippen molar-refractivity contribution >= 4 is 11.7 Å². The molecular weight excluding hydrogens is 337 g/mol. The van der Waals surface area contributed by atoms with E-state index in [0.717, 1.165) is 0 Å². The minimum Gasteiger partial charge on any atom is -0.389 e. The Balaban J connectivity index is 1.56. The lowest BCUT2D eigenvalue weighted by molar-refractivity contribution is 0.0287. The number of nitrogens with zero attached hydrogens (tertiary/aromatic N) is 2. The molecule has 7 heteroatoms. The molecule has 0 unspecified atom stereocenters. The van der Waals surface area contributed by atoms with E-state index in [4.69, 9.17) is 0 Å². The monoisotopic (exact) mass is 357 g/mol. The Morgan fingerprint density at radius 2 is 2.12 bits per heavy atom. The minimum atomic E-state index is -1.49. The van der Waals surface area contributed by atoms with E-state index in [1.165, 1.54) is 16.8 Å². The van der Waals surface area contributed by atoms with Crippen molar-refractivity contribution in [2.45, 2.75) is 38.1 Å². The fraction of sp³-hybridized carbons (Fsp3) is 0.421. The number of hydrogen-bond acceptors (Lipinski definition) is 4. The molecule has 2 aliphatic carbocycles. The lowest BCUT2D eigenvalue weighted by Crippen LogP contribution is -2.36. The van der Waals surface area contributed by atoms with Gasteiger partial charge in [0.25, 0.3) is 5.91 Å². The van der Waals surface area contributed by atoms with Crippen molar-refractivity contribution in [2.24, 2.45) is 11.3 Å². The standard InChI is InChI=1S/C19H20FN3O3/c1-2-19-10-12(19)15(14(20)16(19)24)23-9-8-13(22-18(23)26)21-17(25)11-6-4-3-5-7-11/h3-9,12,14-16,24H,2,10H2,1H3,(H,21,22,25,26)/t12-,14+,15-,16+,19-/m1/s1. The second-order valence-electron chi connectivity index (χ2n) is 7.10. The summed E-state index contributed by atoms with van der Waals surface area (Å²) in [5.41, 5.74) is -0.592. The Morgan fingerprint density at radius 1 is 1.38 bits per heavy atom. The number of benzene rings is 1. The highest BCUT2D eigenvalue weighted by Crippen LogP contribution is 2.69. The van der Waals surface area contributed by atoms with Gasteiger partial charge in [-0.2, -0.15) is 4.98 Å². The number of anilines is 1. The molecule has 1 heterocycles. The fourth-order valence-electron chi connectivity index (χ4n) is 4.33. The van der Waals surface area contributed by atoms with Gasteiger partial charge in [-0.25, -0.2) is 9.18 Å². The number of halogens is 1. The molecule has 4 rings (SSSR count). The molecule has 0 bridgehead atoms. The van der Waals surface area contributed by atoms with Crippen LogP contribution in [0.15, 0.2) is 47.4 Å². The fourth-order valence-corrected chi connectivity index (χ4v) is 4.33. The molecule has 1 aromatic heterocycles. The molecule has 0 radical (unpaired) electrons. The van der Waals surface area contributed by atoms with Crippen LogP contribution in [-0.2, 0) is 0 Å². The van der Waals surface area contributed by atoms with Gasteiger partial charge in [-0.05, 0) is 37.0 Å². The second-order valence-corrected chi connectivity index (χ2v) is 7.10. The van der Waals surface area contributed by atoms with Crippen LogP contribution in [0.4, 0.5) is 10.2 Å². The third-order valence-electron chi connectivity index (χ3n) is 5.89. The predicted octanol–water partition coefficient (Wildman–Crippen LogP) is 2.17. The van der Waals surface area contributed by atoms with Crippen LogP contribution in [0.1, 0.15) is 36.2 Å². The largest absolute Gasteiger partial charge is 0.389 e. The van der Waals surface area contributed by atoms with E-state index in [1.807, 2.05) is 6.92 Å². The number of carbonyl (C=O) groups excluding carboxylic acids is 1. The molecule has 0 saturated heterocycles. The van der Waals surface area contributed by atoms with Crippen LogP contribution < -0.4 is 11.0 Å². The molecule has 0 aliphatic heterocycles. The van der Waals surface area contributed by atoms with Gasteiger partial charge in [0.1, 0.15) is 12.0 Å². The number of hydrogen-bond donors (Lipinski definition) is 2. The van der Waals surface area contributed by atoms with Crippen molar-refractivity contribution in [3.63, 3.8) is 0 Å². The molecule has 2 N–H and O–H groups in total. The molecule has 2 fully saturated rings. The summed E-state index contributed by atoms with van der Waals surface area (Å²) in [7, 11) is 0. The first-order chi connectivity index (χ1) is 12.5. The highest BCUT2D eigenvalue weighted by Gasteiger charge is 2.71. The SMILES string of the molecule is CC[C@@]12C[C@@H]1[C@@H](n1ccc(NC(=O)c3ccccc3)nc1=O)[C@H](F)[C@@H]2O. The third kappa shape index (κ3) is 2.46. The zero-order chi connectivity index (χ0) is 18.5. The Morgan fingerprint density at radius 3 is 2.73 bits per heavy atom. The number of amides is 1. The summed E-state index contributed by atoms with van der Waals surface area (Å²) in [5.74, 6) is -0.310.